The van der Waals surface area contributed by atoms with Gasteiger partial charge in [-0.15, -0.1) is 0 Å². The van der Waals surface area contributed by atoms with Crippen molar-refractivity contribution in [3.8, 4) is 11.5 Å². The zero-order valence-corrected chi connectivity index (χ0v) is 21.3. The zero-order valence-electron chi connectivity index (χ0n) is 19.8. The lowest BCUT2D eigenvalue weighted by molar-refractivity contribution is 0.0920. The lowest BCUT2D eigenvalue weighted by atomic mass is 10.0. The van der Waals surface area contributed by atoms with E-state index < -0.39 is 0 Å². The van der Waals surface area contributed by atoms with Gasteiger partial charge in [0.15, 0.2) is 0 Å². The maximum atomic E-state index is 13.2. The summed E-state index contributed by atoms with van der Waals surface area (Å²) in [7, 11) is 1.66. The van der Waals surface area contributed by atoms with E-state index in [9.17, 15) is 4.79 Å². The highest BCUT2D eigenvalue weighted by atomic mass is 35.5. The molecule has 4 rings (SSSR count). The molecule has 7 heteroatoms. The number of carbonyl (C=O) groups excluding carboxylic acids is 1. The van der Waals surface area contributed by atoms with Gasteiger partial charge in [0, 0.05) is 22.2 Å². The number of piperidine rings is 1. The Morgan fingerprint density at radius 3 is 2.46 bits per heavy atom. The summed E-state index contributed by atoms with van der Waals surface area (Å²) in [6, 6.07) is 20.7. The molecule has 5 nitrogen and oxygen atoms in total. The predicted molar refractivity (Wildman–Crippen MR) is 141 cm³/mol. The number of halogens is 2. The summed E-state index contributed by atoms with van der Waals surface area (Å²) >= 11 is 12.3. The van der Waals surface area contributed by atoms with Crippen LogP contribution in [0, 0.1) is 0 Å². The summed E-state index contributed by atoms with van der Waals surface area (Å²) in [6.07, 6.45) is 3.59. The van der Waals surface area contributed by atoms with Crippen molar-refractivity contribution in [1.29, 1.82) is 0 Å². The fourth-order valence-electron chi connectivity index (χ4n) is 4.37. The fraction of sp³-hybridized carbons (Fsp3) is 0.321. The molecule has 0 spiro atoms. The molecule has 3 aromatic rings. The van der Waals surface area contributed by atoms with Crippen LogP contribution in [-0.2, 0) is 6.61 Å². The summed E-state index contributed by atoms with van der Waals surface area (Å²) < 4.78 is 11.3. The second-order valence-electron chi connectivity index (χ2n) is 8.62. The van der Waals surface area contributed by atoms with Crippen molar-refractivity contribution in [2.45, 2.75) is 31.9 Å². The number of rotatable bonds is 9. The Balaban J connectivity index is 1.46. The molecule has 1 aliphatic heterocycles. The molecule has 1 unspecified atom stereocenters. The Labute approximate surface area is 216 Å². The number of hydrogen-bond acceptors (Lipinski definition) is 4. The van der Waals surface area contributed by atoms with Gasteiger partial charge in [0.05, 0.1) is 18.7 Å². The predicted octanol–water partition coefficient (Wildman–Crippen LogP) is 6.54. The third-order valence-corrected chi connectivity index (χ3v) is 6.90. The van der Waals surface area contributed by atoms with E-state index in [2.05, 4.69) is 22.3 Å². The first-order valence-corrected chi connectivity index (χ1v) is 12.6. The standard InChI is InChI=1S/C28H30Cl2N2O3/c1-34-23-13-10-20(11-14-23)26(32-15-5-2-6-16-32)18-31-28(33)24-7-3-4-8-27(24)35-19-21-9-12-22(29)17-25(21)30/h3-4,7-14,17,26H,2,5-6,15-16,18-19H2,1H3,(H,31,33). The Kier molecular flexibility index (Phi) is 8.91. The van der Waals surface area contributed by atoms with Gasteiger partial charge in [-0.05, 0) is 67.9 Å². The first-order chi connectivity index (χ1) is 17.0. The van der Waals surface area contributed by atoms with Crippen LogP contribution >= 0.6 is 23.2 Å². The van der Waals surface area contributed by atoms with Gasteiger partial charge < -0.3 is 14.8 Å². The number of carbonyl (C=O) groups is 1. The smallest absolute Gasteiger partial charge is 0.255 e. The molecule has 0 saturated carbocycles. The minimum Gasteiger partial charge on any atom is -0.497 e. The van der Waals surface area contributed by atoms with Crippen molar-refractivity contribution in [1.82, 2.24) is 10.2 Å². The maximum absolute atomic E-state index is 13.2. The van der Waals surface area contributed by atoms with E-state index >= 15 is 0 Å². The molecule has 0 radical (unpaired) electrons. The van der Waals surface area contributed by atoms with Gasteiger partial charge in [0.25, 0.3) is 5.91 Å². The zero-order chi connectivity index (χ0) is 24.6. The molecular weight excluding hydrogens is 483 g/mol. The molecule has 1 aliphatic rings. The number of amides is 1. The van der Waals surface area contributed by atoms with Crippen molar-refractivity contribution in [3.05, 3.63) is 93.5 Å². The van der Waals surface area contributed by atoms with Crippen LogP contribution in [0.2, 0.25) is 10.0 Å². The summed E-state index contributed by atoms with van der Waals surface area (Å²) in [5.74, 6) is 1.16. The molecule has 1 saturated heterocycles. The van der Waals surface area contributed by atoms with Gasteiger partial charge in [0.2, 0.25) is 0 Å². The first kappa shape index (κ1) is 25.4. The highest BCUT2D eigenvalue weighted by Crippen LogP contribution is 2.27. The second kappa shape index (κ2) is 12.3. The number of para-hydroxylation sites is 1. The monoisotopic (exact) mass is 512 g/mol. The molecule has 0 aliphatic carbocycles. The Bertz CT molecular complexity index is 1130. The van der Waals surface area contributed by atoms with E-state index in [1.54, 1.807) is 31.4 Å². The average molecular weight is 513 g/mol. The molecule has 1 atom stereocenters. The first-order valence-electron chi connectivity index (χ1n) is 11.9. The van der Waals surface area contributed by atoms with Crippen LogP contribution in [0.1, 0.15) is 46.8 Å². The third-order valence-electron chi connectivity index (χ3n) is 6.32. The quantitative estimate of drug-likeness (QED) is 0.353. The molecule has 35 heavy (non-hydrogen) atoms. The number of nitrogens with one attached hydrogen (secondary N) is 1. The van der Waals surface area contributed by atoms with Gasteiger partial charge >= 0.3 is 0 Å². The lowest BCUT2D eigenvalue weighted by Crippen LogP contribution is -2.40. The van der Waals surface area contributed by atoms with Gasteiger partial charge in [-0.1, -0.05) is 60.0 Å². The highest BCUT2D eigenvalue weighted by molar-refractivity contribution is 6.35. The molecule has 1 amide bonds. The third kappa shape index (κ3) is 6.69. The molecule has 0 bridgehead atoms. The normalized spacial score (nSPS) is 14.8. The number of methoxy groups -OCH3 is 1. The number of ether oxygens (including phenoxy) is 2. The van der Waals surface area contributed by atoms with Crippen LogP contribution in [0.4, 0.5) is 0 Å². The van der Waals surface area contributed by atoms with Gasteiger partial charge in [0.1, 0.15) is 18.1 Å². The summed E-state index contributed by atoms with van der Waals surface area (Å²) in [6.45, 7) is 2.79. The van der Waals surface area contributed by atoms with Crippen LogP contribution in [0.25, 0.3) is 0 Å². The van der Waals surface area contributed by atoms with Crippen molar-refractivity contribution < 1.29 is 14.3 Å². The molecule has 1 N–H and O–H groups in total. The minimum atomic E-state index is -0.168. The van der Waals surface area contributed by atoms with Crippen molar-refractivity contribution >= 4 is 29.1 Å². The number of hydrogen-bond donors (Lipinski definition) is 1. The van der Waals surface area contributed by atoms with E-state index in [1.807, 2.05) is 30.3 Å². The largest absolute Gasteiger partial charge is 0.497 e. The Morgan fingerprint density at radius 1 is 1.00 bits per heavy atom. The molecular formula is C28H30Cl2N2O3. The maximum Gasteiger partial charge on any atom is 0.255 e. The molecule has 1 heterocycles. The Morgan fingerprint density at radius 2 is 1.74 bits per heavy atom. The number of nitrogens with zero attached hydrogens (tertiary/aromatic N) is 1. The summed E-state index contributed by atoms with van der Waals surface area (Å²) in [5, 5.41) is 4.24. The van der Waals surface area contributed by atoms with E-state index in [-0.39, 0.29) is 18.6 Å². The van der Waals surface area contributed by atoms with Crippen molar-refractivity contribution in [3.63, 3.8) is 0 Å². The van der Waals surface area contributed by atoms with Gasteiger partial charge in [-0.25, -0.2) is 0 Å². The summed E-state index contributed by atoms with van der Waals surface area (Å²) in [4.78, 5) is 15.7. The van der Waals surface area contributed by atoms with Crippen LogP contribution in [0.15, 0.2) is 66.7 Å². The van der Waals surface area contributed by atoms with Crippen molar-refractivity contribution in [2.24, 2.45) is 0 Å². The lowest BCUT2D eigenvalue weighted by Gasteiger charge is -2.35. The second-order valence-corrected chi connectivity index (χ2v) is 9.46. The number of likely N-dealkylation sites (tertiary alicyclic amines) is 1. The van der Waals surface area contributed by atoms with Gasteiger partial charge in [-0.2, -0.15) is 0 Å². The van der Waals surface area contributed by atoms with E-state index in [0.29, 0.717) is 27.9 Å². The molecule has 1 fully saturated rings. The van der Waals surface area contributed by atoms with Crippen LogP contribution < -0.4 is 14.8 Å². The fourth-order valence-corrected chi connectivity index (χ4v) is 4.84. The van der Waals surface area contributed by atoms with Crippen LogP contribution in [0.3, 0.4) is 0 Å². The number of benzene rings is 3. The topological polar surface area (TPSA) is 50.8 Å². The van der Waals surface area contributed by atoms with E-state index in [0.717, 1.165) is 30.0 Å². The molecule has 0 aromatic heterocycles. The average Bonchev–Trinajstić information content (AvgIpc) is 2.89. The Hall–Kier alpha value is -2.73. The van der Waals surface area contributed by atoms with Gasteiger partial charge in [-0.3, -0.25) is 9.69 Å². The van der Waals surface area contributed by atoms with Crippen LogP contribution in [-0.4, -0.2) is 37.6 Å². The summed E-state index contributed by atoms with van der Waals surface area (Å²) in [5.41, 5.74) is 2.45. The molecule has 3 aromatic carbocycles. The van der Waals surface area contributed by atoms with E-state index in [4.69, 9.17) is 32.7 Å². The molecule has 184 valence electrons. The van der Waals surface area contributed by atoms with E-state index in [1.165, 1.54) is 19.3 Å². The highest BCUT2D eigenvalue weighted by Gasteiger charge is 2.24. The van der Waals surface area contributed by atoms with Crippen LogP contribution in [0.5, 0.6) is 11.5 Å². The minimum absolute atomic E-state index is 0.0890. The van der Waals surface area contributed by atoms with Crippen molar-refractivity contribution in [2.75, 3.05) is 26.7 Å². The SMILES string of the molecule is COc1ccc(C(CNC(=O)c2ccccc2OCc2ccc(Cl)cc2Cl)N2CCCCC2)cc1.